The molecule has 18 heavy (non-hydrogen) atoms. The highest BCUT2D eigenvalue weighted by Crippen LogP contribution is 2.08. The molecule has 4 N–H and O–H groups in total. The third-order valence-electron chi connectivity index (χ3n) is 2.42. The van der Waals surface area contributed by atoms with Gasteiger partial charge in [0, 0.05) is 6.54 Å². The Balaban J connectivity index is 2.47. The minimum atomic E-state index is -3.31. The van der Waals surface area contributed by atoms with Gasteiger partial charge in [0.25, 0.3) is 0 Å². The average molecular weight is 271 g/mol. The maximum absolute atomic E-state index is 11.7. The maximum Gasteiger partial charge on any atom is 0.241 e. The first kappa shape index (κ1) is 14.6. The molecule has 0 saturated carbocycles. The van der Waals surface area contributed by atoms with Crippen molar-refractivity contribution < 1.29 is 13.2 Å². The summed E-state index contributed by atoms with van der Waals surface area (Å²) in [6.07, 6.45) is 0. The molecule has 0 fully saturated rings. The third kappa shape index (κ3) is 4.44. The Morgan fingerprint density at radius 2 is 1.94 bits per heavy atom. The van der Waals surface area contributed by atoms with E-state index in [2.05, 4.69) is 10.0 Å². The first-order valence-electron chi connectivity index (χ1n) is 5.46. The zero-order valence-electron chi connectivity index (χ0n) is 10.1. The van der Waals surface area contributed by atoms with E-state index in [4.69, 9.17) is 5.73 Å². The molecule has 1 amide bonds. The Morgan fingerprint density at radius 3 is 2.50 bits per heavy atom. The van der Waals surface area contributed by atoms with Crippen LogP contribution in [-0.2, 0) is 14.8 Å². The van der Waals surface area contributed by atoms with Crippen molar-refractivity contribution in [2.24, 2.45) is 5.73 Å². The quantitative estimate of drug-likeness (QED) is 0.640. The van der Waals surface area contributed by atoms with Gasteiger partial charge in [0.15, 0.2) is 0 Å². The lowest BCUT2D eigenvalue weighted by atomic mass is 10.1. The van der Waals surface area contributed by atoms with Crippen molar-refractivity contribution in [3.05, 3.63) is 35.9 Å². The van der Waals surface area contributed by atoms with Crippen LogP contribution in [-0.4, -0.2) is 33.7 Å². The third-order valence-corrected chi connectivity index (χ3v) is 3.79. The highest BCUT2D eigenvalue weighted by atomic mass is 32.2. The van der Waals surface area contributed by atoms with Gasteiger partial charge in [0.2, 0.25) is 15.9 Å². The molecule has 1 aromatic carbocycles. The van der Waals surface area contributed by atoms with Crippen molar-refractivity contribution in [2.75, 3.05) is 19.3 Å². The van der Waals surface area contributed by atoms with E-state index in [0.29, 0.717) is 5.56 Å². The fraction of sp³-hybridized carbons (Fsp3) is 0.364. The SMILES string of the molecule is CNS(=O)(=O)CCNC(=O)C(N)c1ccccc1. The molecule has 0 heterocycles. The molecular weight excluding hydrogens is 254 g/mol. The predicted octanol–water partition coefficient (Wildman–Crippen LogP) is -0.648. The molecule has 1 aromatic rings. The van der Waals surface area contributed by atoms with Crippen molar-refractivity contribution in [3.8, 4) is 0 Å². The van der Waals surface area contributed by atoms with Crippen LogP contribution in [0.4, 0.5) is 0 Å². The largest absolute Gasteiger partial charge is 0.353 e. The summed E-state index contributed by atoms with van der Waals surface area (Å²) in [5.74, 6) is -0.566. The molecule has 0 saturated heterocycles. The maximum atomic E-state index is 11.7. The number of hydrogen-bond acceptors (Lipinski definition) is 4. The van der Waals surface area contributed by atoms with Crippen LogP contribution in [0.2, 0.25) is 0 Å². The Hall–Kier alpha value is -1.44. The van der Waals surface area contributed by atoms with Crippen LogP contribution in [0.1, 0.15) is 11.6 Å². The second-order valence-corrected chi connectivity index (χ2v) is 5.75. The lowest BCUT2D eigenvalue weighted by molar-refractivity contribution is -0.122. The minimum Gasteiger partial charge on any atom is -0.353 e. The van der Waals surface area contributed by atoms with Crippen LogP contribution in [0.5, 0.6) is 0 Å². The van der Waals surface area contributed by atoms with Crippen molar-refractivity contribution in [1.29, 1.82) is 0 Å². The summed E-state index contributed by atoms with van der Waals surface area (Å²) in [7, 11) is -1.98. The second kappa shape index (κ2) is 6.48. The summed E-state index contributed by atoms with van der Waals surface area (Å²) >= 11 is 0. The standard InChI is InChI=1S/C11H17N3O3S/c1-13-18(16,17)8-7-14-11(15)10(12)9-5-3-2-4-6-9/h2-6,10,13H,7-8,12H2,1H3,(H,14,15). The number of carbonyl (C=O) groups excluding carboxylic acids is 1. The van der Waals surface area contributed by atoms with Crippen molar-refractivity contribution in [1.82, 2.24) is 10.0 Å². The Morgan fingerprint density at radius 1 is 1.33 bits per heavy atom. The van der Waals surface area contributed by atoms with Crippen molar-refractivity contribution in [2.45, 2.75) is 6.04 Å². The molecule has 0 bridgehead atoms. The van der Waals surface area contributed by atoms with Crippen LogP contribution in [0.25, 0.3) is 0 Å². The number of sulfonamides is 1. The van der Waals surface area contributed by atoms with Gasteiger partial charge in [-0.15, -0.1) is 0 Å². The van der Waals surface area contributed by atoms with E-state index < -0.39 is 22.0 Å². The summed E-state index contributed by atoms with van der Waals surface area (Å²) in [4.78, 5) is 11.7. The summed E-state index contributed by atoms with van der Waals surface area (Å²) in [6, 6.07) is 8.10. The zero-order chi connectivity index (χ0) is 13.6. The molecule has 1 rings (SSSR count). The number of benzene rings is 1. The van der Waals surface area contributed by atoms with Gasteiger partial charge < -0.3 is 11.1 Å². The van der Waals surface area contributed by atoms with Gasteiger partial charge in [0.05, 0.1) is 5.75 Å². The fourth-order valence-corrected chi connectivity index (χ4v) is 1.91. The van der Waals surface area contributed by atoms with Gasteiger partial charge >= 0.3 is 0 Å². The number of nitrogens with two attached hydrogens (primary N) is 1. The van der Waals surface area contributed by atoms with E-state index in [0.717, 1.165) is 0 Å². The zero-order valence-corrected chi connectivity index (χ0v) is 10.9. The molecule has 0 aliphatic heterocycles. The van der Waals surface area contributed by atoms with Crippen molar-refractivity contribution >= 4 is 15.9 Å². The molecule has 0 aromatic heterocycles. The topological polar surface area (TPSA) is 101 Å². The number of amides is 1. The monoisotopic (exact) mass is 271 g/mol. The van der Waals surface area contributed by atoms with Gasteiger partial charge in [-0.05, 0) is 12.6 Å². The minimum absolute atomic E-state index is 0.0303. The van der Waals surface area contributed by atoms with E-state index in [9.17, 15) is 13.2 Å². The smallest absolute Gasteiger partial charge is 0.241 e. The summed E-state index contributed by atoms with van der Waals surface area (Å²) in [5.41, 5.74) is 6.43. The Bertz CT molecular complexity index is 488. The first-order chi connectivity index (χ1) is 8.46. The second-order valence-electron chi connectivity index (χ2n) is 3.70. The van der Waals surface area contributed by atoms with E-state index in [1.165, 1.54) is 7.05 Å². The highest BCUT2D eigenvalue weighted by Gasteiger charge is 2.15. The lowest BCUT2D eigenvalue weighted by Crippen LogP contribution is -2.38. The number of nitrogens with one attached hydrogen (secondary N) is 2. The van der Waals surface area contributed by atoms with Crippen LogP contribution < -0.4 is 15.8 Å². The molecule has 0 aliphatic rings. The Kier molecular flexibility index (Phi) is 5.26. The molecule has 1 unspecified atom stereocenters. The lowest BCUT2D eigenvalue weighted by Gasteiger charge is -2.12. The normalized spacial score (nSPS) is 13.0. The number of hydrogen-bond donors (Lipinski definition) is 3. The van der Waals surface area contributed by atoms with E-state index in [1.54, 1.807) is 24.3 Å². The number of rotatable bonds is 6. The van der Waals surface area contributed by atoms with Crippen molar-refractivity contribution in [3.63, 3.8) is 0 Å². The summed E-state index contributed by atoms with van der Waals surface area (Å²) < 4.78 is 24.4. The van der Waals surface area contributed by atoms with Crippen LogP contribution in [0.15, 0.2) is 30.3 Å². The molecule has 6 nitrogen and oxygen atoms in total. The van der Waals surface area contributed by atoms with Crippen LogP contribution in [0.3, 0.4) is 0 Å². The predicted molar refractivity (Wildman–Crippen MR) is 69.2 cm³/mol. The first-order valence-corrected chi connectivity index (χ1v) is 7.11. The molecule has 0 spiro atoms. The van der Waals surface area contributed by atoms with Crippen LogP contribution >= 0.6 is 0 Å². The van der Waals surface area contributed by atoms with E-state index in [1.807, 2.05) is 6.07 Å². The van der Waals surface area contributed by atoms with E-state index in [-0.39, 0.29) is 12.3 Å². The van der Waals surface area contributed by atoms with Gasteiger partial charge in [-0.2, -0.15) is 0 Å². The molecule has 0 radical (unpaired) electrons. The molecule has 0 aliphatic carbocycles. The molecule has 100 valence electrons. The molecule has 1 atom stereocenters. The fourth-order valence-electron chi connectivity index (χ4n) is 1.33. The summed E-state index contributed by atoms with van der Waals surface area (Å²) in [6.45, 7) is 0.0303. The average Bonchev–Trinajstić information content (AvgIpc) is 2.38. The van der Waals surface area contributed by atoms with Gasteiger partial charge in [-0.3, -0.25) is 4.79 Å². The molecular formula is C11H17N3O3S. The van der Waals surface area contributed by atoms with Gasteiger partial charge in [-0.1, -0.05) is 30.3 Å². The number of carbonyl (C=O) groups is 1. The molecule has 7 heteroatoms. The highest BCUT2D eigenvalue weighted by molar-refractivity contribution is 7.89. The van der Waals surface area contributed by atoms with E-state index >= 15 is 0 Å². The Labute approximate surface area is 107 Å². The summed E-state index contributed by atoms with van der Waals surface area (Å²) in [5, 5.41) is 2.49. The van der Waals surface area contributed by atoms with Gasteiger partial charge in [0.1, 0.15) is 6.04 Å². The van der Waals surface area contributed by atoms with Crippen LogP contribution in [0, 0.1) is 0 Å². The van der Waals surface area contributed by atoms with Gasteiger partial charge in [-0.25, -0.2) is 13.1 Å².